The standard InChI is InChI=1S/C35H36N2O6S/c1-4-7-11-20-43-28-19-15-24(21-29(28)42-6-3)32-31(27(38)18-14-23-12-9-8-10-13-23)33(39)34(40)37(32)35-36-26-17-16-25(41-5-2)22-30(26)44-35/h8-10,12-19,21-22,32,39H,4-7,11,20H2,1-3H3. The van der Waals surface area contributed by atoms with Gasteiger partial charge >= 0.3 is 0 Å². The van der Waals surface area contributed by atoms with Crippen LogP contribution in [-0.2, 0) is 9.59 Å². The van der Waals surface area contributed by atoms with Crippen molar-refractivity contribution < 1.29 is 28.9 Å². The molecule has 2 heterocycles. The van der Waals surface area contributed by atoms with Crippen molar-refractivity contribution in [2.24, 2.45) is 0 Å². The zero-order valence-electron chi connectivity index (χ0n) is 25.1. The van der Waals surface area contributed by atoms with E-state index >= 15 is 0 Å². The highest BCUT2D eigenvalue weighted by molar-refractivity contribution is 7.22. The molecule has 44 heavy (non-hydrogen) atoms. The number of anilines is 1. The van der Waals surface area contributed by atoms with E-state index in [-0.39, 0.29) is 5.57 Å². The second kappa shape index (κ2) is 14.2. The SMILES string of the molecule is CCCCCOc1ccc(C2C(C(=O)C=Cc3ccccc3)=C(O)C(=O)N2c2nc3ccc(OCC)cc3s2)cc1OCC. The summed E-state index contributed by atoms with van der Waals surface area (Å²) in [5.41, 5.74) is 2.04. The summed E-state index contributed by atoms with van der Waals surface area (Å²) in [5.74, 6) is -0.0186. The van der Waals surface area contributed by atoms with Crippen molar-refractivity contribution in [2.45, 2.75) is 46.1 Å². The molecule has 1 aliphatic heterocycles. The van der Waals surface area contributed by atoms with E-state index < -0.39 is 23.5 Å². The number of benzene rings is 3. The molecule has 8 nitrogen and oxygen atoms in total. The Kier molecular flexibility index (Phi) is 9.96. The highest BCUT2D eigenvalue weighted by atomic mass is 32.1. The molecular formula is C35H36N2O6S. The summed E-state index contributed by atoms with van der Waals surface area (Å²) in [5, 5.41) is 11.6. The molecule has 1 amide bonds. The number of nitrogens with zero attached hydrogens (tertiary/aromatic N) is 2. The predicted octanol–water partition coefficient (Wildman–Crippen LogP) is 7.85. The number of aliphatic hydroxyl groups is 1. The molecule has 0 aliphatic carbocycles. The zero-order valence-corrected chi connectivity index (χ0v) is 25.9. The normalized spacial score (nSPS) is 15.0. The number of aromatic nitrogens is 1. The van der Waals surface area contributed by atoms with E-state index in [0.717, 1.165) is 29.5 Å². The average Bonchev–Trinajstić information content (AvgIpc) is 3.57. The van der Waals surface area contributed by atoms with E-state index in [4.69, 9.17) is 19.2 Å². The van der Waals surface area contributed by atoms with Crippen LogP contribution in [0.4, 0.5) is 5.13 Å². The highest BCUT2D eigenvalue weighted by Crippen LogP contribution is 2.45. The van der Waals surface area contributed by atoms with Crippen LogP contribution in [0.15, 0.2) is 84.1 Å². The van der Waals surface area contributed by atoms with Gasteiger partial charge in [0.1, 0.15) is 5.75 Å². The van der Waals surface area contributed by atoms with Gasteiger partial charge in [-0.2, -0.15) is 0 Å². The molecule has 1 aliphatic rings. The Labute approximate surface area is 261 Å². The Morgan fingerprint density at radius 1 is 0.955 bits per heavy atom. The van der Waals surface area contributed by atoms with Crippen molar-refractivity contribution in [3.8, 4) is 17.2 Å². The van der Waals surface area contributed by atoms with Gasteiger partial charge in [0.2, 0.25) is 0 Å². The van der Waals surface area contributed by atoms with E-state index in [1.165, 1.54) is 22.3 Å². The van der Waals surface area contributed by atoms with Crippen LogP contribution >= 0.6 is 11.3 Å². The molecule has 5 rings (SSSR count). The van der Waals surface area contributed by atoms with Gasteiger partial charge in [-0.3, -0.25) is 14.5 Å². The summed E-state index contributed by atoms with van der Waals surface area (Å²) in [6, 6.07) is 19.3. The number of ketones is 1. The number of hydrogen-bond donors (Lipinski definition) is 1. The number of ether oxygens (including phenoxy) is 3. The molecule has 0 spiro atoms. The predicted molar refractivity (Wildman–Crippen MR) is 174 cm³/mol. The van der Waals surface area contributed by atoms with Gasteiger partial charge in [-0.15, -0.1) is 0 Å². The van der Waals surface area contributed by atoms with Gasteiger partial charge in [-0.05, 0) is 67.8 Å². The molecule has 1 N–H and O–H groups in total. The molecule has 9 heteroatoms. The van der Waals surface area contributed by atoms with Gasteiger partial charge in [-0.1, -0.05) is 73.6 Å². The summed E-state index contributed by atoms with van der Waals surface area (Å²) in [7, 11) is 0. The molecule has 0 radical (unpaired) electrons. The molecule has 1 atom stereocenters. The Morgan fingerprint density at radius 3 is 2.50 bits per heavy atom. The second-order valence-electron chi connectivity index (χ2n) is 10.2. The van der Waals surface area contributed by atoms with E-state index in [9.17, 15) is 14.7 Å². The van der Waals surface area contributed by atoms with Crippen LogP contribution in [0, 0.1) is 0 Å². The number of carbonyl (C=O) groups is 2. The first kappa shape index (κ1) is 30.8. The molecule has 0 fully saturated rings. The number of hydrogen-bond acceptors (Lipinski definition) is 8. The van der Waals surface area contributed by atoms with Gasteiger partial charge in [0, 0.05) is 0 Å². The topological polar surface area (TPSA) is 98.2 Å². The number of allylic oxidation sites excluding steroid dienone is 1. The van der Waals surface area contributed by atoms with Crippen molar-refractivity contribution >= 4 is 44.5 Å². The van der Waals surface area contributed by atoms with E-state index in [0.29, 0.717) is 53.3 Å². The molecular weight excluding hydrogens is 576 g/mol. The van der Waals surface area contributed by atoms with Crippen LogP contribution in [0.3, 0.4) is 0 Å². The molecule has 0 bridgehead atoms. The lowest BCUT2D eigenvalue weighted by Crippen LogP contribution is -2.30. The Bertz CT molecular complexity index is 1690. The molecule has 4 aromatic rings. The number of aliphatic hydroxyl groups excluding tert-OH is 1. The van der Waals surface area contributed by atoms with Crippen molar-refractivity contribution in [1.82, 2.24) is 4.98 Å². The summed E-state index contributed by atoms with van der Waals surface area (Å²) < 4.78 is 18.4. The molecule has 0 saturated heterocycles. The first-order valence-electron chi connectivity index (χ1n) is 14.9. The summed E-state index contributed by atoms with van der Waals surface area (Å²) in [6.07, 6.45) is 6.10. The van der Waals surface area contributed by atoms with Crippen molar-refractivity contribution in [2.75, 3.05) is 24.7 Å². The van der Waals surface area contributed by atoms with E-state index in [1.807, 2.05) is 62.4 Å². The zero-order chi connectivity index (χ0) is 31.1. The van der Waals surface area contributed by atoms with E-state index in [2.05, 4.69) is 6.92 Å². The highest BCUT2D eigenvalue weighted by Gasteiger charge is 2.45. The fraction of sp³-hybridized carbons (Fsp3) is 0.286. The first-order valence-corrected chi connectivity index (χ1v) is 15.7. The van der Waals surface area contributed by atoms with Gasteiger partial charge in [0.25, 0.3) is 5.91 Å². The van der Waals surface area contributed by atoms with Crippen LogP contribution in [0.2, 0.25) is 0 Å². The Hall–Kier alpha value is -4.63. The lowest BCUT2D eigenvalue weighted by atomic mass is 9.95. The third-order valence-electron chi connectivity index (χ3n) is 7.15. The maximum Gasteiger partial charge on any atom is 0.296 e. The third kappa shape index (κ3) is 6.63. The minimum atomic E-state index is -0.948. The third-order valence-corrected chi connectivity index (χ3v) is 8.17. The average molecular weight is 613 g/mol. The van der Waals surface area contributed by atoms with Crippen LogP contribution in [0.5, 0.6) is 17.2 Å². The van der Waals surface area contributed by atoms with Crippen molar-refractivity contribution in [3.63, 3.8) is 0 Å². The first-order chi connectivity index (χ1) is 21.4. The van der Waals surface area contributed by atoms with Crippen LogP contribution < -0.4 is 19.1 Å². The Balaban J connectivity index is 1.58. The molecule has 1 aromatic heterocycles. The van der Waals surface area contributed by atoms with Crippen molar-refractivity contribution in [3.05, 3.63) is 95.3 Å². The van der Waals surface area contributed by atoms with Crippen LogP contribution in [-0.4, -0.2) is 41.6 Å². The van der Waals surface area contributed by atoms with Gasteiger partial charge in [0.15, 0.2) is 28.2 Å². The van der Waals surface area contributed by atoms with E-state index in [1.54, 1.807) is 24.3 Å². The number of rotatable bonds is 14. The lowest BCUT2D eigenvalue weighted by Gasteiger charge is -2.25. The number of carbonyl (C=O) groups excluding carboxylic acids is 2. The summed E-state index contributed by atoms with van der Waals surface area (Å²) >= 11 is 1.29. The minimum absolute atomic E-state index is 0.0319. The van der Waals surface area contributed by atoms with Gasteiger partial charge in [-0.25, -0.2) is 4.98 Å². The second-order valence-corrected chi connectivity index (χ2v) is 11.2. The van der Waals surface area contributed by atoms with Crippen LogP contribution in [0.1, 0.15) is 57.2 Å². The Morgan fingerprint density at radius 2 is 1.75 bits per heavy atom. The van der Waals surface area contributed by atoms with Crippen molar-refractivity contribution in [1.29, 1.82) is 0 Å². The number of fused-ring (bicyclic) bond motifs is 1. The van der Waals surface area contributed by atoms with Gasteiger partial charge < -0.3 is 19.3 Å². The molecule has 228 valence electrons. The number of unbranched alkanes of at least 4 members (excludes halogenated alkanes) is 2. The maximum absolute atomic E-state index is 13.7. The molecule has 0 saturated carbocycles. The summed E-state index contributed by atoms with van der Waals surface area (Å²) in [4.78, 5) is 33.6. The fourth-order valence-corrected chi connectivity index (χ4v) is 6.08. The monoisotopic (exact) mass is 612 g/mol. The maximum atomic E-state index is 13.7. The lowest BCUT2D eigenvalue weighted by molar-refractivity contribution is -0.117. The quantitative estimate of drug-likeness (QED) is 0.114. The fourth-order valence-electron chi connectivity index (χ4n) is 5.06. The van der Waals surface area contributed by atoms with Crippen LogP contribution in [0.25, 0.3) is 16.3 Å². The smallest absolute Gasteiger partial charge is 0.296 e. The summed E-state index contributed by atoms with van der Waals surface area (Å²) in [6.45, 7) is 7.39. The number of thiazole rings is 1. The molecule has 3 aromatic carbocycles. The number of amides is 1. The molecule has 1 unspecified atom stereocenters. The minimum Gasteiger partial charge on any atom is -0.503 e. The largest absolute Gasteiger partial charge is 0.503 e. The van der Waals surface area contributed by atoms with Gasteiger partial charge in [0.05, 0.1) is 41.7 Å².